The summed E-state index contributed by atoms with van der Waals surface area (Å²) in [4.78, 5) is 2.42. The Kier molecular flexibility index (Phi) is 2.99. The standard InChI is InChI=1S/C10H14ClN3/c1-2-14-4-3-8(7-14)10-5-9(11)6-12-13-10/h5-6,8H,2-4,7H2,1H3. The minimum absolute atomic E-state index is 0.515. The van der Waals surface area contributed by atoms with E-state index in [1.165, 1.54) is 6.42 Å². The fraction of sp³-hybridized carbons (Fsp3) is 0.600. The number of likely N-dealkylation sites (tertiary alicyclic amines) is 1. The predicted molar refractivity (Wildman–Crippen MR) is 56.5 cm³/mol. The van der Waals surface area contributed by atoms with Crippen LogP contribution in [0.2, 0.25) is 5.02 Å². The Morgan fingerprint density at radius 3 is 3.14 bits per heavy atom. The lowest BCUT2D eigenvalue weighted by Gasteiger charge is -2.12. The van der Waals surface area contributed by atoms with Crippen LogP contribution >= 0.6 is 11.6 Å². The number of likely N-dealkylation sites (N-methyl/N-ethyl adjacent to an activating group) is 1. The molecule has 1 fully saturated rings. The molecular weight excluding hydrogens is 198 g/mol. The van der Waals surface area contributed by atoms with E-state index in [1.54, 1.807) is 6.20 Å². The Bertz CT molecular complexity index is 316. The zero-order chi connectivity index (χ0) is 9.97. The van der Waals surface area contributed by atoms with Crippen LogP contribution in [0, 0.1) is 0 Å². The first-order valence-electron chi connectivity index (χ1n) is 5.00. The van der Waals surface area contributed by atoms with Crippen LogP contribution in [-0.2, 0) is 0 Å². The van der Waals surface area contributed by atoms with Crippen molar-refractivity contribution in [3.8, 4) is 0 Å². The number of hydrogen-bond donors (Lipinski definition) is 0. The Hall–Kier alpha value is -0.670. The van der Waals surface area contributed by atoms with Crippen LogP contribution in [0.15, 0.2) is 12.3 Å². The summed E-state index contributed by atoms with van der Waals surface area (Å²) in [6.07, 6.45) is 2.75. The summed E-state index contributed by atoms with van der Waals surface area (Å²) in [5.41, 5.74) is 1.04. The Balaban J connectivity index is 2.09. The topological polar surface area (TPSA) is 29.0 Å². The molecule has 0 aliphatic carbocycles. The van der Waals surface area contributed by atoms with Gasteiger partial charge in [-0.15, -0.1) is 0 Å². The highest BCUT2D eigenvalue weighted by Gasteiger charge is 2.23. The van der Waals surface area contributed by atoms with E-state index in [2.05, 4.69) is 22.0 Å². The van der Waals surface area contributed by atoms with E-state index in [9.17, 15) is 0 Å². The van der Waals surface area contributed by atoms with E-state index in [4.69, 9.17) is 11.6 Å². The largest absolute Gasteiger partial charge is 0.303 e. The summed E-state index contributed by atoms with van der Waals surface area (Å²) < 4.78 is 0. The van der Waals surface area contributed by atoms with E-state index >= 15 is 0 Å². The molecular formula is C10H14ClN3. The highest BCUT2D eigenvalue weighted by atomic mass is 35.5. The fourth-order valence-electron chi connectivity index (χ4n) is 1.92. The minimum Gasteiger partial charge on any atom is -0.303 e. The van der Waals surface area contributed by atoms with Crippen molar-refractivity contribution in [3.63, 3.8) is 0 Å². The minimum atomic E-state index is 0.515. The van der Waals surface area contributed by atoms with Crippen molar-refractivity contribution in [2.45, 2.75) is 19.3 Å². The summed E-state index contributed by atoms with van der Waals surface area (Å²) in [5.74, 6) is 0.515. The van der Waals surface area contributed by atoms with Gasteiger partial charge in [-0.25, -0.2) is 0 Å². The number of hydrogen-bond acceptors (Lipinski definition) is 3. The van der Waals surface area contributed by atoms with Gasteiger partial charge < -0.3 is 4.90 Å². The van der Waals surface area contributed by atoms with Crippen molar-refractivity contribution in [2.75, 3.05) is 19.6 Å². The van der Waals surface area contributed by atoms with Crippen LogP contribution in [0.5, 0.6) is 0 Å². The van der Waals surface area contributed by atoms with E-state index < -0.39 is 0 Å². The second-order valence-corrected chi connectivity index (χ2v) is 4.11. The van der Waals surface area contributed by atoms with Crippen molar-refractivity contribution in [2.24, 2.45) is 0 Å². The summed E-state index contributed by atoms with van der Waals surface area (Å²) in [5, 5.41) is 8.69. The highest BCUT2D eigenvalue weighted by molar-refractivity contribution is 6.30. The molecule has 0 amide bonds. The molecule has 1 atom stereocenters. The highest BCUT2D eigenvalue weighted by Crippen LogP contribution is 2.26. The van der Waals surface area contributed by atoms with Crippen molar-refractivity contribution in [1.82, 2.24) is 15.1 Å². The van der Waals surface area contributed by atoms with Crippen molar-refractivity contribution < 1.29 is 0 Å². The van der Waals surface area contributed by atoms with Gasteiger partial charge in [0.1, 0.15) is 0 Å². The molecule has 1 aromatic rings. The van der Waals surface area contributed by atoms with Crippen molar-refractivity contribution in [3.05, 3.63) is 23.0 Å². The first-order valence-corrected chi connectivity index (χ1v) is 5.38. The second kappa shape index (κ2) is 4.24. The number of nitrogens with zero attached hydrogens (tertiary/aromatic N) is 3. The predicted octanol–water partition coefficient (Wildman–Crippen LogP) is 1.94. The molecule has 1 aliphatic heterocycles. The van der Waals surface area contributed by atoms with Gasteiger partial charge in [-0.1, -0.05) is 18.5 Å². The van der Waals surface area contributed by atoms with Crippen LogP contribution < -0.4 is 0 Å². The number of aromatic nitrogens is 2. The van der Waals surface area contributed by atoms with Gasteiger partial charge in [0.25, 0.3) is 0 Å². The molecule has 1 saturated heterocycles. The average molecular weight is 212 g/mol. The summed E-state index contributed by atoms with van der Waals surface area (Å²) in [6, 6.07) is 1.93. The fourth-order valence-corrected chi connectivity index (χ4v) is 2.07. The van der Waals surface area contributed by atoms with Gasteiger partial charge in [-0.2, -0.15) is 10.2 Å². The third kappa shape index (κ3) is 2.04. The lowest BCUT2D eigenvalue weighted by Crippen LogP contribution is -2.19. The van der Waals surface area contributed by atoms with Gasteiger partial charge in [-0.3, -0.25) is 0 Å². The Morgan fingerprint density at radius 2 is 2.50 bits per heavy atom. The zero-order valence-electron chi connectivity index (χ0n) is 8.28. The van der Waals surface area contributed by atoms with Gasteiger partial charge in [-0.05, 0) is 25.6 Å². The monoisotopic (exact) mass is 211 g/mol. The van der Waals surface area contributed by atoms with Crippen LogP contribution in [0.4, 0.5) is 0 Å². The lowest BCUT2D eigenvalue weighted by atomic mass is 10.1. The normalized spacial score (nSPS) is 22.9. The lowest BCUT2D eigenvalue weighted by molar-refractivity contribution is 0.353. The molecule has 2 rings (SSSR count). The van der Waals surface area contributed by atoms with Crippen LogP contribution in [0.3, 0.4) is 0 Å². The van der Waals surface area contributed by atoms with Gasteiger partial charge in [0.05, 0.1) is 16.9 Å². The van der Waals surface area contributed by atoms with Crippen LogP contribution in [0.25, 0.3) is 0 Å². The molecule has 0 bridgehead atoms. The maximum absolute atomic E-state index is 5.88. The maximum Gasteiger partial charge on any atom is 0.0690 e. The van der Waals surface area contributed by atoms with E-state index in [1.807, 2.05) is 6.07 Å². The molecule has 0 radical (unpaired) electrons. The molecule has 76 valence electrons. The smallest absolute Gasteiger partial charge is 0.0690 e. The molecule has 2 heterocycles. The number of rotatable bonds is 2. The third-order valence-corrected chi connectivity index (χ3v) is 2.98. The second-order valence-electron chi connectivity index (χ2n) is 3.68. The summed E-state index contributed by atoms with van der Waals surface area (Å²) in [6.45, 7) is 5.55. The van der Waals surface area contributed by atoms with Crippen LogP contribution in [0.1, 0.15) is 25.0 Å². The Labute approximate surface area is 89.1 Å². The van der Waals surface area contributed by atoms with Gasteiger partial charge in [0.2, 0.25) is 0 Å². The Morgan fingerprint density at radius 1 is 1.64 bits per heavy atom. The van der Waals surface area contributed by atoms with Gasteiger partial charge in [0, 0.05) is 12.5 Å². The van der Waals surface area contributed by atoms with Gasteiger partial charge in [0.15, 0.2) is 0 Å². The van der Waals surface area contributed by atoms with Crippen molar-refractivity contribution in [1.29, 1.82) is 0 Å². The van der Waals surface area contributed by atoms with Crippen LogP contribution in [-0.4, -0.2) is 34.7 Å². The molecule has 1 aliphatic rings. The van der Waals surface area contributed by atoms with E-state index in [0.29, 0.717) is 10.9 Å². The molecule has 14 heavy (non-hydrogen) atoms. The van der Waals surface area contributed by atoms with E-state index in [-0.39, 0.29) is 0 Å². The summed E-state index contributed by atoms with van der Waals surface area (Å²) >= 11 is 5.88. The third-order valence-electron chi connectivity index (χ3n) is 2.78. The first kappa shape index (κ1) is 9.87. The molecule has 0 saturated carbocycles. The molecule has 0 aromatic carbocycles. The molecule has 1 aromatic heterocycles. The van der Waals surface area contributed by atoms with Crippen molar-refractivity contribution >= 4 is 11.6 Å². The first-order chi connectivity index (χ1) is 6.79. The molecule has 4 heteroatoms. The van der Waals surface area contributed by atoms with Gasteiger partial charge >= 0.3 is 0 Å². The molecule has 3 nitrogen and oxygen atoms in total. The maximum atomic E-state index is 5.88. The number of halogens is 1. The molecule has 0 spiro atoms. The summed E-state index contributed by atoms with van der Waals surface area (Å²) in [7, 11) is 0. The van der Waals surface area contributed by atoms with E-state index in [0.717, 1.165) is 25.3 Å². The quantitative estimate of drug-likeness (QED) is 0.749. The average Bonchev–Trinajstić information content (AvgIpc) is 2.66. The molecule has 0 N–H and O–H groups in total. The zero-order valence-corrected chi connectivity index (χ0v) is 9.04. The molecule has 1 unspecified atom stereocenters. The SMILES string of the molecule is CCN1CCC(c2cc(Cl)cnn2)C1.